The van der Waals surface area contributed by atoms with Gasteiger partial charge in [0.2, 0.25) is 0 Å². The minimum absolute atomic E-state index is 0.206. The van der Waals surface area contributed by atoms with Gasteiger partial charge in [-0.15, -0.1) is 0 Å². The Hall–Kier alpha value is -2.10. The summed E-state index contributed by atoms with van der Waals surface area (Å²) in [5.74, 6) is -3.17. The molecular formula is C14H9F3O. The lowest BCUT2D eigenvalue weighted by Crippen LogP contribution is -1.96. The molecule has 2 aromatic rings. The molecule has 0 saturated carbocycles. The Morgan fingerprint density at radius 2 is 1.61 bits per heavy atom. The lowest BCUT2D eigenvalue weighted by atomic mass is 10.0. The number of Topliss-reactive ketones (excluding diaryl/α,β-unsaturated/α-hetero) is 1. The maximum absolute atomic E-state index is 13.6. The van der Waals surface area contributed by atoms with E-state index in [1.807, 2.05) is 0 Å². The molecular weight excluding hydrogens is 241 g/mol. The highest BCUT2D eigenvalue weighted by atomic mass is 19.1. The Kier molecular flexibility index (Phi) is 3.19. The highest BCUT2D eigenvalue weighted by Gasteiger charge is 2.14. The monoisotopic (exact) mass is 250 g/mol. The van der Waals surface area contributed by atoms with Crippen molar-refractivity contribution in [3.8, 4) is 11.1 Å². The Morgan fingerprint density at radius 3 is 2.17 bits per heavy atom. The molecule has 1 nitrogen and oxygen atoms in total. The molecule has 0 aromatic heterocycles. The van der Waals surface area contributed by atoms with E-state index in [2.05, 4.69) is 0 Å². The summed E-state index contributed by atoms with van der Waals surface area (Å²) < 4.78 is 39.9. The van der Waals surface area contributed by atoms with Gasteiger partial charge < -0.3 is 0 Å². The summed E-state index contributed by atoms with van der Waals surface area (Å²) in [6, 6.07) is 7.13. The molecule has 0 aliphatic heterocycles. The van der Waals surface area contributed by atoms with Crippen molar-refractivity contribution < 1.29 is 18.0 Å². The van der Waals surface area contributed by atoms with Crippen LogP contribution in [-0.4, -0.2) is 5.78 Å². The summed E-state index contributed by atoms with van der Waals surface area (Å²) in [6.07, 6.45) is 0. The van der Waals surface area contributed by atoms with Gasteiger partial charge >= 0.3 is 0 Å². The second-order valence-corrected chi connectivity index (χ2v) is 3.88. The first-order valence-corrected chi connectivity index (χ1v) is 5.25. The Morgan fingerprint density at radius 1 is 1.00 bits per heavy atom. The van der Waals surface area contributed by atoms with Crippen LogP contribution >= 0.6 is 0 Å². The molecule has 92 valence electrons. The fourth-order valence-corrected chi connectivity index (χ4v) is 1.71. The SMILES string of the molecule is CC(=O)c1cccc(-c2c(F)cc(F)cc2F)c1. The molecule has 2 aromatic carbocycles. The normalized spacial score (nSPS) is 10.4. The van der Waals surface area contributed by atoms with Gasteiger partial charge in [-0.1, -0.05) is 18.2 Å². The van der Waals surface area contributed by atoms with E-state index in [1.165, 1.54) is 25.1 Å². The van der Waals surface area contributed by atoms with Gasteiger partial charge in [0.25, 0.3) is 0 Å². The molecule has 0 fully saturated rings. The van der Waals surface area contributed by atoms with Gasteiger partial charge in [-0.2, -0.15) is 0 Å². The molecule has 2 rings (SSSR count). The first-order chi connectivity index (χ1) is 8.49. The fraction of sp³-hybridized carbons (Fsp3) is 0.0714. The van der Waals surface area contributed by atoms with E-state index >= 15 is 0 Å². The number of carbonyl (C=O) groups excluding carboxylic acids is 1. The summed E-state index contributed by atoms with van der Waals surface area (Å²) in [6.45, 7) is 1.36. The van der Waals surface area contributed by atoms with Crippen molar-refractivity contribution in [2.24, 2.45) is 0 Å². The smallest absolute Gasteiger partial charge is 0.159 e. The number of rotatable bonds is 2. The first kappa shape index (κ1) is 12.4. The van der Waals surface area contributed by atoms with E-state index in [0.29, 0.717) is 17.7 Å². The number of ketones is 1. The van der Waals surface area contributed by atoms with E-state index in [1.54, 1.807) is 6.07 Å². The van der Waals surface area contributed by atoms with Crippen molar-refractivity contribution in [1.82, 2.24) is 0 Å². The molecule has 0 atom stereocenters. The first-order valence-electron chi connectivity index (χ1n) is 5.25. The van der Waals surface area contributed by atoms with E-state index in [4.69, 9.17) is 0 Å². The zero-order valence-electron chi connectivity index (χ0n) is 9.51. The molecule has 0 aliphatic rings. The predicted molar refractivity (Wildman–Crippen MR) is 61.8 cm³/mol. The standard InChI is InChI=1S/C14H9F3O/c1-8(18)9-3-2-4-10(5-9)14-12(16)6-11(15)7-13(14)17/h2-7H,1H3. The molecule has 0 spiro atoms. The molecule has 0 radical (unpaired) electrons. The van der Waals surface area contributed by atoms with E-state index in [9.17, 15) is 18.0 Å². The quantitative estimate of drug-likeness (QED) is 0.737. The minimum atomic E-state index is -0.992. The van der Waals surface area contributed by atoms with Gasteiger partial charge in [-0.25, -0.2) is 13.2 Å². The molecule has 18 heavy (non-hydrogen) atoms. The molecule has 0 N–H and O–H groups in total. The van der Waals surface area contributed by atoms with Gasteiger partial charge in [-0.3, -0.25) is 4.79 Å². The highest BCUT2D eigenvalue weighted by Crippen LogP contribution is 2.27. The van der Waals surface area contributed by atoms with Crippen LogP contribution in [0.25, 0.3) is 11.1 Å². The van der Waals surface area contributed by atoms with Crippen LogP contribution in [0.2, 0.25) is 0 Å². The van der Waals surface area contributed by atoms with Crippen molar-refractivity contribution in [3.05, 3.63) is 59.4 Å². The van der Waals surface area contributed by atoms with Crippen molar-refractivity contribution in [2.75, 3.05) is 0 Å². The van der Waals surface area contributed by atoms with Gasteiger partial charge in [-0.05, 0) is 18.6 Å². The summed E-state index contributed by atoms with van der Waals surface area (Å²) >= 11 is 0. The van der Waals surface area contributed by atoms with Gasteiger partial charge in [0.15, 0.2) is 5.78 Å². The molecule has 0 aliphatic carbocycles. The van der Waals surface area contributed by atoms with E-state index < -0.39 is 17.5 Å². The third-order valence-electron chi connectivity index (χ3n) is 2.56. The average Bonchev–Trinajstić information content (AvgIpc) is 2.28. The van der Waals surface area contributed by atoms with Crippen LogP contribution in [0.1, 0.15) is 17.3 Å². The summed E-state index contributed by atoms with van der Waals surface area (Å²) in [7, 11) is 0. The zero-order chi connectivity index (χ0) is 13.3. The van der Waals surface area contributed by atoms with Gasteiger partial charge in [0.1, 0.15) is 17.5 Å². The minimum Gasteiger partial charge on any atom is -0.295 e. The molecule has 0 heterocycles. The number of hydrogen-bond donors (Lipinski definition) is 0. The average molecular weight is 250 g/mol. The van der Waals surface area contributed by atoms with Gasteiger partial charge in [0.05, 0.1) is 5.56 Å². The Balaban J connectivity index is 2.62. The summed E-state index contributed by atoms with van der Waals surface area (Å²) in [4.78, 5) is 11.2. The maximum atomic E-state index is 13.6. The second-order valence-electron chi connectivity index (χ2n) is 3.88. The summed E-state index contributed by atoms with van der Waals surface area (Å²) in [5, 5.41) is 0. The van der Waals surface area contributed by atoms with Crippen molar-refractivity contribution >= 4 is 5.78 Å². The number of hydrogen-bond acceptors (Lipinski definition) is 1. The summed E-state index contributed by atoms with van der Waals surface area (Å²) in [5.41, 5.74) is 0.216. The van der Waals surface area contributed by atoms with Crippen LogP contribution in [-0.2, 0) is 0 Å². The van der Waals surface area contributed by atoms with Crippen LogP contribution in [0.15, 0.2) is 36.4 Å². The van der Waals surface area contributed by atoms with Crippen LogP contribution in [0.5, 0.6) is 0 Å². The van der Waals surface area contributed by atoms with Crippen molar-refractivity contribution in [3.63, 3.8) is 0 Å². The molecule has 0 unspecified atom stereocenters. The van der Waals surface area contributed by atoms with Crippen molar-refractivity contribution in [1.29, 1.82) is 0 Å². The number of benzene rings is 2. The fourth-order valence-electron chi connectivity index (χ4n) is 1.71. The van der Waals surface area contributed by atoms with Crippen LogP contribution < -0.4 is 0 Å². The van der Waals surface area contributed by atoms with Crippen LogP contribution in [0, 0.1) is 17.5 Å². The molecule has 4 heteroatoms. The molecule has 0 amide bonds. The zero-order valence-corrected chi connectivity index (χ0v) is 9.51. The van der Waals surface area contributed by atoms with Crippen LogP contribution in [0.3, 0.4) is 0 Å². The Labute approximate surface area is 102 Å². The lowest BCUT2D eigenvalue weighted by molar-refractivity contribution is 0.101. The molecule has 0 bridgehead atoms. The maximum Gasteiger partial charge on any atom is 0.159 e. The predicted octanol–water partition coefficient (Wildman–Crippen LogP) is 3.97. The Bertz CT molecular complexity index is 597. The van der Waals surface area contributed by atoms with E-state index in [0.717, 1.165) is 0 Å². The third kappa shape index (κ3) is 2.27. The number of carbonyl (C=O) groups is 1. The van der Waals surface area contributed by atoms with Gasteiger partial charge in [0, 0.05) is 17.7 Å². The highest BCUT2D eigenvalue weighted by molar-refractivity contribution is 5.95. The van der Waals surface area contributed by atoms with Crippen molar-refractivity contribution in [2.45, 2.75) is 6.92 Å². The largest absolute Gasteiger partial charge is 0.295 e. The lowest BCUT2D eigenvalue weighted by Gasteiger charge is -2.06. The topological polar surface area (TPSA) is 17.1 Å². The van der Waals surface area contributed by atoms with Crippen LogP contribution in [0.4, 0.5) is 13.2 Å². The van der Waals surface area contributed by atoms with E-state index in [-0.39, 0.29) is 16.9 Å². The second kappa shape index (κ2) is 4.64. The third-order valence-corrected chi connectivity index (χ3v) is 2.56. The number of halogens is 3. The molecule has 0 saturated heterocycles.